The monoisotopic (exact) mass is 284 g/mol. The molecular formula is C20H28O. The number of carbonyl (C=O) groups is 1. The summed E-state index contributed by atoms with van der Waals surface area (Å²) in [7, 11) is 0. The molecule has 0 N–H and O–H groups in total. The Morgan fingerprint density at radius 1 is 0.952 bits per heavy atom. The van der Waals surface area contributed by atoms with E-state index in [0.29, 0.717) is 0 Å². The predicted octanol–water partition coefficient (Wildman–Crippen LogP) is 6.31. The Morgan fingerprint density at radius 2 is 1.48 bits per heavy atom. The van der Waals surface area contributed by atoms with Crippen molar-refractivity contribution in [2.75, 3.05) is 0 Å². The van der Waals surface area contributed by atoms with Gasteiger partial charge in [-0.3, -0.25) is 4.79 Å². The van der Waals surface area contributed by atoms with Crippen LogP contribution >= 0.6 is 0 Å². The maximum atomic E-state index is 11.2. The van der Waals surface area contributed by atoms with E-state index < -0.39 is 0 Å². The molecule has 0 aliphatic heterocycles. The van der Waals surface area contributed by atoms with Crippen LogP contribution in [0.2, 0.25) is 0 Å². The van der Waals surface area contributed by atoms with Crippen LogP contribution in [0, 0.1) is 6.92 Å². The zero-order valence-electron chi connectivity index (χ0n) is 14.2. The van der Waals surface area contributed by atoms with Crippen molar-refractivity contribution in [2.45, 2.75) is 48.0 Å². The molecule has 2 aromatic carbocycles. The van der Waals surface area contributed by atoms with Crippen molar-refractivity contribution in [3.63, 3.8) is 0 Å². The van der Waals surface area contributed by atoms with E-state index in [1.165, 1.54) is 17.5 Å². The van der Waals surface area contributed by atoms with E-state index in [1.54, 1.807) is 6.92 Å². The normalized spacial score (nSPS) is 8.86. The molecular weight excluding hydrogens is 256 g/mol. The van der Waals surface area contributed by atoms with Gasteiger partial charge in [-0.1, -0.05) is 76.6 Å². The van der Waals surface area contributed by atoms with Crippen LogP contribution in [0.3, 0.4) is 0 Å². The molecule has 2 rings (SSSR count). The Balaban J connectivity index is 0.000000713. The van der Waals surface area contributed by atoms with Gasteiger partial charge in [0.1, 0.15) is 0 Å². The molecule has 0 radical (unpaired) electrons. The molecule has 0 saturated carbocycles. The van der Waals surface area contributed by atoms with E-state index in [1.807, 2.05) is 57.2 Å². The number of Topliss-reactive ketones (excluding diaryl/α,β-unsaturated/α-hetero) is 1. The van der Waals surface area contributed by atoms with Gasteiger partial charge in [0.15, 0.2) is 5.78 Å². The molecule has 21 heavy (non-hydrogen) atoms. The number of hydrogen-bond acceptors (Lipinski definition) is 1. The van der Waals surface area contributed by atoms with Gasteiger partial charge in [-0.15, -0.1) is 0 Å². The smallest absolute Gasteiger partial charge is 0.159 e. The third-order valence-corrected chi connectivity index (χ3v) is 2.72. The van der Waals surface area contributed by atoms with Gasteiger partial charge in [-0.25, -0.2) is 0 Å². The second-order valence-corrected chi connectivity index (χ2v) is 4.66. The molecule has 0 atom stereocenters. The quantitative estimate of drug-likeness (QED) is 0.591. The van der Waals surface area contributed by atoms with E-state index in [2.05, 4.69) is 26.0 Å². The molecule has 0 fully saturated rings. The molecule has 0 aromatic heterocycles. The summed E-state index contributed by atoms with van der Waals surface area (Å²) >= 11 is 0. The van der Waals surface area contributed by atoms with Crippen molar-refractivity contribution < 1.29 is 4.79 Å². The molecule has 2 aromatic rings. The van der Waals surface area contributed by atoms with E-state index >= 15 is 0 Å². The van der Waals surface area contributed by atoms with Crippen molar-refractivity contribution >= 4 is 5.78 Å². The SMILES string of the molecule is CC.CC(=O)c1ccc(-c2ccccc2)c(C)c1.CCC. The van der Waals surface area contributed by atoms with Gasteiger partial charge in [-0.2, -0.15) is 0 Å². The Labute approximate surface area is 130 Å². The van der Waals surface area contributed by atoms with Crippen LogP contribution in [-0.2, 0) is 0 Å². The third kappa shape index (κ3) is 6.40. The summed E-state index contributed by atoms with van der Waals surface area (Å²) in [5.41, 5.74) is 4.29. The van der Waals surface area contributed by atoms with E-state index in [-0.39, 0.29) is 5.78 Å². The number of benzene rings is 2. The molecule has 0 amide bonds. The molecule has 0 heterocycles. The van der Waals surface area contributed by atoms with Gasteiger partial charge in [0, 0.05) is 5.56 Å². The van der Waals surface area contributed by atoms with Crippen LogP contribution in [0.1, 0.15) is 57.0 Å². The number of hydrogen-bond donors (Lipinski definition) is 0. The number of aryl methyl sites for hydroxylation is 1. The predicted molar refractivity (Wildman–Crippen MR) is 93.9 cm³/mol. The minimum Gasteiger partial charge on any atom is -0.295 e. The second kappa shape index (κ2) is 10.8. The van der Waals surface area contributed by atoms with Crippen molar-refractivity contribution in [2.24, 2.45) is 0 Å². The summed E-state index contributed by atoms with van der Waals surface area (Å²) in [5, 5.41) is 0. The van der Waals surface area contributed by atoms with Crippen LogP contribution in [0.25, 0.3) is 11.1 Å². The molecule has 0 aliphatic rings. The largest absolute Gasteiger partial charge is 0.295 e. The van der Waals surface area contributed by atoms with Crippen molar-refractivity contribution in [3.8, 4) is 11.1 Å². The van der Waals surface area contributed by atoms with Crippen LogP contribution in [0.15, 0.2) is 48.5 Å². The topological polar surface area (TPSA) is 17.1 Å². The molecule has 114 valence electrons. The van der Waals surface area contributed by atoms with E-state index in [9.17, 15) is 4.79 Å². The molecule has 0 aliphatic carbocycles. The highest BCUT2D eigenvalue weighted by atomic mass is 16.1. The zero-order chi connectivity index (χ0) is 16.3. The summed E-state index contributed by atoms with van der Waals surface area (Å²) in [6.07, 6.45) is 1.25. The fourth-order valence-electron chi connectivity index (χ4n) is 1.82. The molecule has 1 heteroatoms. The maximum Gasteiger partial charge on any atom is 0.159 e. The van der Waals surface area contributed by atoms with Gasteiger partial charge in [0.2, 0.25) is 0 Å². The highest BCUT2D eigenvalue weighted by Gasteiger charge is 2.04. The van der Waals surface area contributed by atoms with Gasteiger partial charge in [-0.05, 0) is 36.6 Å². The zero-order valence-corrected chi connectivity index (χ0v) is 14.2. The Hall–Kier alpha value is -1.89. The van der Waals surface area contributed by atoms with Gasteiger partial charge in [0.05, 0.1) is 0 Å². The van der Waals surface area contributed by atoms with Gasteiger partial charge in [0.25, 0.3) is 0 Å². The average molecular weight is 284 g/mol. The molecule has 0 unspecified atom stereocenters. The van der Waals surface area contributed by atoms with Crippen LogP contribution < -0.4 is 0 Å². The molecule has 1 nitrogen and oxygen atoms in total. The molecule has 0 spiro atoms. The maximum absolute atomic E-state index is 11.2. The number of carbonyl (C=O) groups excluding carboxylic acids is 1. The highest BCUT2D eigenvalue weighted by molar-refractivity contribution is 5.95. The lowest BCUT2D eigenvalue weighted by Gasteiger charge is -2.07. The lowest BCUT2D eigenvalue weighted by Crippen LogP contribution is -1.93. The standard InChI is InChI=1S/C15H14O.C3H8.C2H6/c1-11-10-14(12(2)16)8-9-15(11)13-6-4-3-5-7-13;1-3-2;1-2/h3-10H,1-2H3;3H2,1-2H3;1-2H3. The van der Waals surface area contributed by atoms with Crippen LogP contribution in [0.4, 0.5) is 0 Å². The molecule has 0 saturated heterocycles. The summed E-state index contributed by atoms with van der Waals surface area (Å²) < 4.78 is 0. The first-order chi connectivity index (χ1) is 10.1. The van der Waals surface area contributed by atoms with Crippen LogP contribution in [-0.4, -0.2) is 5.78 Å². The Kier molecular flexibility index (Phi) is 9.87. The summed E-state index contributed by atoms with van der Waals surface area (Å²) in [4.78, 5) is 11.2. The van der Waals surface area contributed by atoms with Gasteiger partial charge < -0.3 is 0 Å². The second-order valence-electron chi connectivity index (χ2n) is 4.66. The number of rotatable bonds is 2. The van der Waals surface area contributed by atoms with Gasteiger partial charge >= 0.3 is 0 Å². The van der Waals surface area contributed by atoms with Crippen LogP contribution in [0.5, 0.6) is 0 Å². The van der Waals surface area contributed by atoms with E-state index in [0.717, 1.165) is 11.1 Å². The lowest BCUT2D eigenvalue weighted by molar-refractivity contribution is 0.101. The highest BCUT2D eigenvalue weighted by Crippen LogP contribution is 2.23. The van der Waals surface area contributed by atoms with Crippen molar-refractivity contribution in [1.29, 1.82) is 0 Å². The van der Waals surface area contributed by atoms with E-state index in [4.69, 9.17) is 0 Å². The molecule has 0 bridgehead atoms. The van der Waals surface area contributed by atoms with Crippen molar-refractivity contribution in [1.82, 2.24) is 0 Å². The first-order valence-electron chi connectivity index (χ1n) is 7.77. The summed E-state index contributed by atoms with van der Waals surface area (Å²) in [6, 6.07) is 16.1. The number of ketones is 1. The Morgan fingerprint density at radius 3 is 1.90 bits per heavy atom. The average Bonchev–Trinajstić information content (AvgIpc) is 2.51. The fraction of sp³-hybridized carbons (Fsp3) is 0.350. The Bertz CT molecular complexity index is 527. The lowest BCUT2D eigenvalue weighted by atomic mass is 9.97. The first-order valence-corrected chi connectivity index (χ1v) is 7.77. The summed E-state index contributed by atoms with van der Waals surface area (Å²) in [6.45, 7) is 11.9. The first kappa shape index (κ1) is 19.1. The van der Waals surface area contributed by atoms with Crippen molar-refractivity contribution in [3.05, 3.63) is 59.7 Å². The summed E-state index contributed by atoms with van der Waals surface area (Å²) in [5.74, 6) is 0.114. The third-order valence-electron chi connectivity index (χ3n) is 2.72. The fourth-order valence-corrected chi connectivity index (χ4v) is 1.82. The minimum absolute atomic E-state index is 0.114. The minimum atomic E-state index is 0.114.